The zero-order chi connectivity index (χ0) is 12.3. The highest BCUT2D eigenvalue weighted by atomic mass is 16.1. The Morgan fingerprint density at radius 2 is 1.76 bits per heavy atom. The average molecular weight is 224 g/mol. The Hall–Kier alpha value is -1.89. The lowest BCUT2D eigenvalue weighted by atomic mass is 9.96. The standard InChI is InChI=1S/C16H16O/c1-12-8-9-14(10-13(2)17)11-16(12)15-6-4-3-5-7-15/h3-9,11H,10H2,1-2H3. The molecule has 17 heavy (non-hydrogen) atoms. The van der Waals surface area contributed by atoms with Gasteiger partial charge in [0.2, 0.25) is 0 Å². The Morgan fingerprint density at radius 1 is 1.06 bits per heavy atom. The summed E-state index contributed by atoms with van der Waals surface area (Å²) in [5.41, 5.74) is 4.74. The van der Waals surface area contributed by atoms with Gasteiger partial charge in [-0.05, 0) is 36.1 Å². The minimum absolute atomic E-state index is 0.202. The first-order chi connectivity index (χ1) is 8.16. The van der Waals surface area contributed by atoms with Gasteiger partial charge in [-0.2, -0.15) is 0 Å². The second-order valence-corrected chi connectivity index (χ2v) is 4.39. The Labute approximate surface area is 102 Å². The highest BCUT2D eigenvalue weighted by Gasteiger charge is 2.04. The van der Waals surface area contributed by atoms with Crippen LogP contribution < -0.4 is 0 Å². The molecule has 0 heterocycles. The van der Waals surface area contributed by atoms with E-state index in [4.69, 9.17) is 0 Å². The van der Waals surface area contributed by atoms with Crippen LogP contribution in [0.5, 0.6) is 0 Å². The van der Waals surface area contributed by atoms with Crippen LogP contribution in [0.2, 0.25) is 0 Å². The minimum atomic E-state index is 0.202. The first-order valence-electron chi connectivity index (χ1n) is 5.81. The topological polar surface area (TPSA) is 17.1 Å². The van der Waals surface area contributed by atoms with E-state index in [1.807, 2.05) is 24.3 Å². The smallest absolute Gasteiger partial charge is 0.134 e. The molecule has 1 nitrogen and oxygen atoms in total. The van der Waals surface area contributed by atoms with Crippen LogP contribution >= 0.6 is 0 Å². The quantitative estimate of drug-likeness (QED) is 0.775. The fourth-order valence-corrected chi connectivity index (χ4v) is 2.00. The van der Waals surface area contributed by atoms with Crippen LogP contribution in [-0.4, -0.2) is 5.78 Å². The van der Waals surface area contributed by atoms with Crippen LogP contribution in [0.4, 0.5) is 0 Å². The molecule has 0 aliphatic rings. The summed E-state index contributed by atoms with van der Waals surface area (Å²) in [4.78, 5) is 11.1. The van der Waals surface area contributed by atoms with E-state index in [2.05, 4.69) is 31.2 Å². The first-order valence-corrected chi connectivity index (χ1v) is 5.81. The molecule has 0 atom stereocenters. The van der Waals surface area contributed by atoms with Crippen LogP contribution in [0.15, 0.2) is 48.5 Å². The molecule has 86 valence electrons. The minimum Gasteiger partial charge on any atom is -0.300 e. The summed E-state index contributed by atoms with van der Waals surface area (Å²) in [6.07, 6.45) is 0.514. The van der Waals surface area contributed by atoms with Crippen molar-refractivity contribution in [3.8, 4) is 11.1 Å². The number of Topliss-reactive ketones (excluding diaryl/α,β-unsaturated/α-hetero) is 1. The summed E-state index contributed by atoms with van der Waals surface area (Å²) in [5, 5.41) is 0. The van der Waals surface area contributed by atoms with Crippen molar-refractivity contribution < 1.29 is 4.79 Å². The molecule has 0 fully saturated rings. The van der Waals surface area contributed by atoms with Crippen LogP contribution in [0.3, 0.4) is 0 Å². The van der Waals surface area contributed by atoms with Crippen molar-refractivity contribution in [3.05, 3.63) is 59.7 Å². The molecule has 0 unspecified atom stereocenters. The van der Waals surface area contributed by atoms with Crippen molar-refractivity contribution in [1.29, 1.82) is 0 Å². The lowest BCUT2D eigenvalue weighted by molar-refractivity contribution is -0.116. The molecule has 0 N–H and O–H groups in total. The second-order valence-electron chi connectivity index (χ2n) is 4.39. The van der Waals surface area contributed by atoms with Gasteiger partial charge >= 0.3 is 0 Å². The summed E-state index contributed by atoms with van der Waals surface area (Å²) in [6.45, 7) is 3.72. The maximum Gasteiger partial charge on any atom is 0.134 e. The van der Waals surface area contributed by atoms with E-state index < -0.39 is 0 Å². The molecule has 0 saturated carbocycles. The molecule has 0 aliphatic carbocycles. The molecule has 2 aromatic carbocycles. The Morgan fingerprint density at radius 3 is 2.41 bits per heavy atom. The predicted molar refractivity (Wildman–Crippen MR) is 71.0 cm³/mol. The van der Waals surface area contributed by atoms with Gasteiger partial charge in [-0.15, -0.1) is 0 Å². The van der Waals surface area contributed by atoms with Crippen molar-refractivity contribution in [3.63, 3.8) is 0 Å². The molecule has 0 spiro atoms. The number of aryl methyl sites for hydroxylation is 1. The van der Waals surface area contributed by atoms with E-state index in [0.717, 1.165) is 5.56 Å². The van der Waals surface area contributed by atoms with E-state index in [-0.39, 0.29) is 5.78 Å². The molecule has 0 saturated heterocycles. The number of rotatable bonds is 3. The van der Waals surface area contributed by atoms with E-state index >= 15 is 0 Å². The van der Waals surface area contributed by atoms with Crippen molar-refractivity contribution in [2.45, 2.75) is 20.3 Å². The van der Waals surface area contributed by atoms with Crippen LogP contribution in [-0.2, 0) is 11.2 Å². The van der Waals surface area contributed by atoms with Gasteiger partial charge in [0.05, 0.1) is 0 Å². The highest BCUT2D eigenvalue weighted by Crippen LogP contribution is 2.24. The van der Waals surface area contributed by atoms with Gasteiger partial charge in [0.1, 0.15) is 5.78 Å². The molecule has 0 amide bonds. The van der Waals surface area contributed by atoms with Gasteiger partial charge in [-0.3, -0.25) is 4.79 Å². The van der Waals surface area contributed by atoms with E-state index in [1.165, 1.54) is 16.7 Å². The summed E-state index contributed by atoms with van der Waals surface area (Å²) in [7, 11) is 0. The molecule has 2 aromatic rings. The largest absolute Gasteiger partial charge is 0.300 e. The zero-order valence-corrected chi connectivity index (χ0v) is 10.2. The number of benzene rings is 2. The first kappa shape index (κ1) is 11.6. The maximum absolute atomic E-state index is 11.1. The third-order valence-electron chi connectivity index (χ3n) is 2.84. The van der Waals surface area contributed by atoms with Gasteiger partial charge in [0.15, 0.2) is 0 Å². The van der Waals surface area contributed by atoms with Crippen molar-refractivity contribution in [2.75, 3.05) is 0 Å². The highest BCUT2D eigenvalue weighted by molar-refractivity contribution is 5.79. The van der Waals surface area contributed by atoms with E-state index in [9.17, 15) is 4.79 Å². The maximum atomic E-state index is 11.1. The van der Waals surface area contributed by atoms with Crippen LogP contribution in [0.25, 0.3) is 11.1 Å². The number of hydrogen-bond acceptors (Lipinski definition) is 1. The molecular weight excluding hydrogens is 208 g/mol. The molecule has 2 rings (SSSR count). The van der Waals surface area contributed by atoms with Crippen molar-refractivity contribution in [2.24, 2.45) is 0 Å². The SMILES string of the molecule is CC(=O)Cc1ccc(C)c(-c2ccccc2)c1. The molecule has 1 heteroatoms. The monoisotopic (exact) mass is 224 g/mol. The Balaban J connectivity index is 2.43. The normalized spacial score (nSPS) is 10.2. The number of hydrogen-bond donors (Lipinski definition) is 0. The fraction of sp³-hybridized carbons (Fsp3) is 0.188. The number of carbonyl (C=O) groups is 1. The summed E-state index contributed by atoms with van der Waals surface area (Å²) in [6, 6.07) is 16.5. The second kappa shape index (κ2) is 4.96. The molecule has 0 radical (unpaired) electrons. The lowest BCUT2D eigenvalue weighted by Gasteiger charge is -2.08. The van der Waals surface area contributed by atoms with E-state index in [1.54, 1.807) is 6.92 Å². The predicted octanol–water partition coefficient (Wildman–Crippen LogP) is 3.79. The zero-order valence-electron chi connectivity index (χ0n) is 10.2. The van der Waals surface area contributed by atoms with E-state index in [0.29, 0.717) is 6.42 Å². The lowest BCUT2D eigenvalue weighted by Crippen LogP contribution is -1.97. The molecule has 0 aliphatic heterocycles. The molecule has 0 bridgehead atoms. The van der Waals surface area contributed by atoms with Crippen LogP contribution in [0.1, 0.15) is 18.1 Å². The molecule has 0 aromatic heterocycles. The Bertz CT molecular complexity index is 526. The van der Waals surface area contributed by atoms with Gasteiger partial charge in [-0.25, -0.2) is 0 Å². The summed E-state index contributed by atoms with van der Waals surface area (Å²) >= 11 is 0. The Kier molecular flexibility index (Phi) is 3.38. The summed E-state index contributed by atoms with van der Waals surface area (Å²) < 4.78 is 0. The van der Waals surface area contributed by atoms with Gasteiger partial charge in [0, 0.05) is 6.42 Å². The van der Waals surface area contributed by atoms with Crippen molar-refractivity contribution >= 4 is 5.78 Å². The number of carbonyl (C=O) groups excluding carboxylic acids is 1. The van der Waals surface area contributed by atoms with Crippen molar-refractivity contribution in [1.82, 2.24) is 0 Å². The third kappa shape index (κ3) is 2.82. The van der Waals surface area contributed by atoms with Gasteiger partial charge in [-0.1, -0.05) is 48.5 Å². The number of ketones is 1. The summed E-state index contributed by atoms with van der Waals surface area (Å²) in [5.74, 6) is 0.202. The van der Waals surface area contributed by atoms with Gasteiger partial charge < -0.3 is 0 Å². The van der Waals surface area contributed by atoms with Crippen LogP contribution in [0, 0.1) is 6.92 Å². The third-order valence-corrected chi connectivity index (χ3v) is 2.84. The van der Waals surface area contributed by atoms with Gasteiger partial charge in [0.25, 0.3) is 0 Å². The average Bonchev–Trinajstić information content (AvgIpc) is 2.32. The fourth-order valence-electron chi connectivity index (χ4n) is 2.00. The molecular formula is C16H16O.